The van der Waals surface area contributed by atoms with Gasteiger partial charge in [0.1, 0.15) is 12.2 Å². The first-order valence-corrected chi connectivity index (χ1v) is 9.96. The standard InChI is InChI=1S/C23H23F3O4/c1-12-16-10-17-13(2)18(8-9-22(17,3)11-19(16)30-20(12)27)29-21(28)14-4-6-15(7-5-14)23(24,25)26/h4-7,16-19H,1-2,8-11H2,3H3/t16-,17+,18-,19-,22-/m1/s1. The Morgan fingerprint density at radius 2 is 1.90 bits per heavy atom. The van der Waals surface area contributed by atoms with Crippen molar-refractivity contribution in [2.75, 3.05) is 0 Å². The van der Waals surface area contributed by atoms with Crippen LogP contribution in [0.25, 0.3) is 0 Å². The average molecular weight is 420 g/mol. The molecular formula is C23H23F3O4. The van der Waals surface area contributed by atoms with E-state index in [2.05, 4.69) is 20.1 Å². The summed E-state index contributed by atoms with van der Waals surface area (Å²) in [5.74, 6) is -1.03. The highest BCUT2D eigenvalue weighted by molar-refractivity contribution is 5.91. The molecule has 1 heterocycles. The summed E-state index contributed by atoms with van der Waals surface area (Å²) in [5.41, 5.74) is 0.409. The van der Waals surface area contributed by atoms with Gasteiger partial charge in [-0.1, -0.05) is 20.1 Å². The maximum absolute atomic E-state index is 12.7. The number of alkyl halides is 3. The minimum Gasteiger partial charge on any atom is -0.458 e. The van der Waals surface area contributed by atoms with E-state index in [4.69, 9.17) is 9.47 Å². The first kappa shape index (κ1) is 20.7. The lowest BCUT2D eigenvalue weighted by molar-refractivity contribution is -0.142. The Bertz CT molecular complexity index is 917. The Morgan fingerprint density at radius 3 is 2.53 bits per heavy atom. The van der Waals surface area contributed by atoms with E-state index >= 15 is 0 Å². The number of ether oxygens (including phenoxy) is 2. The molecule has 0 spiro atoms. The van der Waals surface area contributed by atoms with Gasteiger partial charge in [0.25, 0.3) is 0 Å². The Balaban J connectivity index is 1.47. The summed E-state index contributed by atoms with van der Waals surface area (Å²) < 4.78 is 49.3. The Hall–Kier alpha value is -2.57. The van der Waals surface area contributed by atoms with Gasteiger partial charge in [-0.05, 0) is 66.9 Å². The Kier molecular flexibility index (Phi) is 4.83. The van der Waals surface area contributed by atoms with Gasteiger partial charge in [0.2, 0.25) is 0 Å². The van der Waals surface area contributed by atoms with Crippen LogP contribution in [0, 0.1) is 17.3 Å². The van der Waals surface area contributed by atoms with Gasteiger partial charge in [0, 0.05) is 11.5 Å². The lowest BCUT2D eigenvalue weighted by Crippen LogP contribution is -2.47. The molecule has 0 unspecified atom stereocenters. The number of fused-ring (bicyclic) bond motifs is 2. The van der Waals surface area contributed by atoms with E-state index in [0.717, 1.165) is 36.3 Å². The third kappa shape index (κ3) is 3.44. The zero-order chi connectivity index (χ0) is 21.8. The van der Waals surface area contributed by atoms with Crippen LogP contribution in [0.2, 0.25) is 0 Å². The SMILES string of the molecule is C=C1C(=O)O[C@@H]2C[C@@]3(C)CC[C@@H](OC(=O)c4ccc(C(F)(F)F)cc4)C(=C)[C@@H]3C[C@H]12. The summed E-state index contributed by atoms with van der Waals surface area (Å²) in [7, 11) is 0. The van der Waals surface area contributed by atoms with Crippen molar-refractivity contribution in [1.82, 2.24) is 0 Å². The van der Waals surface area contributed by atoms with E-state index in [-0.39, 0.29) is 34.9 Å². The largest absolute Gasteiger partial charge is 0.458 e. The van der Waals surface area contributed by atoms with Crippen LogP contribution in [-0.2, 0) is 20.4 Å². The summed E-state index contributed by atoms with van der Waals surface area (Å²) in [5, 5.41) is 0. The molecule has 4 nitrogen and oxygen atoms in total. The molecule has 5 atom stereocenters. The number of benzene rings is 1. The van der Waals surface area contributed by atoms with Crippen LogP contribution in [0.4, 0.5) is 13.2 Å². The van der Waals surface area contributed by atoms with Crippen LogP contribution in [-0.4, -0.2) is 24.1 Å². The smallest absolute Gasteiger partial charge is 0.416 e. The lowest BCUT2D eigenvalue weighted by Gasteiger charge is -2.51. The molecule has 7 heteroatoms. The van der Waals surface area contributed by atoms with E-state index < -0.39 is 23.8 Å². The van der Waals surface area contributed by atoms with E-state index in [0.29, 0.717) is 24.8 Å². The molecule has 3 fully saturated rings. The van der Waals surface area contributed by atoms with Crippen LogP contribution in [0.3, 0.4) is 0 Å². The molecule has 2 aliphatic carbocycles. The van der Waals surface area contributed by atoms with Gasteiger partial charge in [-0.2, -0.15) is 13.2 Å². The van der Waals surface area contributed by atoms with Crippen LogP contribution in [0.1, 0.15) is 48.5 Å². The molecule has 1 aromatic rings. The van der Waals surface area contributed by atoms with Gasteiger partial charge in [-0.25, -0.2) is 9.59 Å². The average Bonchev–Trinajstić information content (AvgIpc) is 2.95. The number of halogens is 3. The molecule has 2 saturated carbocycles. The number of hydrogen-bond donors (Lipinski definition) is 0. The quantitative estimate of drug-likeness (QED) is 0.380. The number of rotatable bonds is 2. The third-order valence-corrected chi connectivity index (χ3v) is 6.95. The van der Waals surface area contributed by atoms with Gasteiger partial charge >= 0.3 is 18.1 Å². The van der Waals surface area contributed by atoms with Crippen molar-refractivity contribution in [2.45, 2.75) is 51.0 Å². The number of carbonyl (C=O) groups is 2. The minimum absolute atomic E-state index is 0.0455. The highest BCUT2D eigenvalue weighted by atomic mass is 19.4. The molecule has 0 N–H and O–H groups in total. The van der Waals surface area contributed by atoms with Crippen molar-refractivity contribution >= 4 is 11.9 Å². The molecule has 1 aliphatic heterocycles. The Labute approximate surface area is 172 Å². The predicted octanol–water partition coefficient (Wildman–Crippen LogP) is 5.09. The summed E-state index contributed by atoms with van der Waals surface area (Å²) in [4.78, 5) is 24.4. The highest BCUT2D eigenvalue weighted by Gasteiger charge is 2.54. The normalized spacial score (nSPS) is 33.5. The fourth-order valence-corrected chi connectivity index (χ4v) is 5.16. The van der Waals surface area contributed by atoms with Crippen LogP contribution in [0.15, 0.2) is 48.6 Å². The molecule has 160 valence electrons. The van der Waals surface area contributed by atoms with Crippen molar-refractivity contribution in [2.24, 2.45) is 17.3 Å². The van der Waals surface area contributed by atoms with Crippen LogP contribution >= 0.6 is 0 Å². The first-order chi connectivity index (χ1) is 14.0. The molecule has 0 amide bonds. The third-order valence-electron chi connectivity index (χ3n) is 6.95. The summed E-state index contributed by atoms with van der Waals surface area (Å²) in [6, 6.07) is 3.98. The van der Waals surface area contributed by atoms with Crippen LogP contribution < -0.4 is 0 Å². The molecule has 0 radical (unpaired) electrons. The zero-order valence-corrected chi connectivity index (χ0v) is 16.6. The van der Waals surface area contributed by atoms with Crippen LogP contribution in [0.5, 0.6) is 0 Å². The van der Waals surface area contributed by atoms with Crippen molar-refractivity contribution in [3.05, 3.63) is 59.7 Å². The molecule has 4 rings (SSSR count). The van der Waals surface area contributed by atoms with Gasteiger partial charge in [0.05, 0.1) is 11.1 Å². The van der Waals surface area contributed by atoms with Gasteiger partial charge < -0.3 is 9.47 Å². The molecule has 3 aliphatic rings. The Morgan fingerprint density at radius 1 is 1.23 bits per heavy atom. The molecule has 0 bridgehead atoms. The fourth-order valence-electron chi connectivity index (χ4n) is 5.16. The maximum atomic E-state index is 12.7. The van der Waals surface area contributed by atoms with Crippen molar-refractivity contribution in [3.8, 4) is 0 Å². The lowest BCUT2D eigenvalue weighted by atomic mass is 9.55. The van der Waals surface area contributed by atoms with Gasteiger partial charge in [-0.15, -0.1) is 0 Å². The molecule has 0 aromatic heterocycles. The fraction of sp³-hybridized carbons (Fsp3) is 0.478. The molecule has 1 saturated heterocycles. The first-order valence-electron chi connectivity index (χ1n) is 9.96. The number of esters is 2. The number of hydrogen-bond acceptors (Lipinski definition) is 4. The van der Waals surface area contributed by atoms with E-state index in [1.54, 1.807) is 0 Å². The van der Waals surface area contributed by atoms with Crippen molar-refractivity contribution < 1.29 is 32.2 Å². The highest BCUT2D eigenvalue weighted by Crippen LogP contribution is 2.57. The van der Waals surface area contributed by atoms with Crippen molar-refractivity contribution in [1.29, 1.82) is 0 Å². The molecule has 1 aromatic carbocycles. The van der Waals surface area contributed by atoms with E-state index in [1.807, 2.05) is 0 Å². The predicted molar refractivity (Wildman–Crippen MR) is 102 cm³/mol. The minimum atomic E-state index is -4.46. The molecule has 30 heavy (non-hydrogen) atoms. The van der Waals surface area contributed by atoms with Gasteiger partial charge in [0.15, 0.2) is 0 Å². The summed E-state index contributed by atoms with van der Waals surface area (Å²) in [6.45, 7) is 10.2. The number of carbonyl (C=O) groups excluding carboxylic acids is 2. The van der Waals surface area contributed by atoms with E-state index in [9.17, 15) is 22.8 Å². The monoisotopic (exact) mass is 420 g/mol. The van der Waals surface area contributed by atoms with Crippen molar-refractivity contribution in [3.63, 3.8) is 0 Å². The van der Waals surface area contributed by atoms with Gasteiger partial charge in [-0.3, -0.25) is 0 Å². The topological polar surface area (TPSA) is 52.6 Å². The maximum Gasteiger partial charge on any atom is 0.416 e. The van der Waals surface area contributed by atoms with E-state index in [1.165, 1.54) is 0 Å². The second-order valence-electron chi connectivity index (χ2n) is 8.80. The summed E-state index contributed by atoms with van der Waals surface area (Å²) >= 11 is 0. The summed E-state index contributed by atoms with van der Waals surface area (Å²) in [6.07, 6.45) is -2.41. The molecular weight excluding hydrogens is 397 g/mol. The second kappa shape index (κ2) is 7.00. The second-order valence-corrected chi connectivity index (χ2v) is 8.80. The zero-order valence-electron chi connectivity index (χ0n) is 16.6.